The minimum absolute atomic E-state index is 0.0179. The monoisotopic (exact) mass is 498 g/mol. The Morgan fingerprint density at radius 3 is 2.57 bits per heavy atom. The van der Waals surface area contributed by atoms with Crippen molar-refractivity contribution in [2.24, 2.45) is 0 Å². The van der Waals surface area contributed by atoms with Gasteiger partial charge in [-0.25, -0.2) is 9.78 Å². The largest absolute Gasteiger partial charge is 0.465 e. The van der Waals surface area contributed by atoms with Crippen molar-refractivity contribution in [1.29, 1.82) is 0 Å². The Morgan fingerprint density at radius 2 is 1.89 bits per heavy atom. The molecule has 35 heavy (non-hydrogen) atoms. The highest BCUT2D eigenvalue weighted by molar-refractivity contribution is 6.31. The zero-order valence-corrected chi connectivity index (χ0v) is 21.1. The van der Waals surface area contributed by atoms with E-state index in [1.165, 1.54) is 18.7 Å². The molecule has 186 valence electrons. The number of hydrogen-bond donors (Lipinski definition) is 1. The Morgan fingerprint density at radius 1 is 1.14 bits per heavy atom. The molecule has 0 aliphatic carbocycles. The van der Waals surface area contributed by atoms with Crippen LogP contribution in [0.1, 0.15) is 52.9 Å². The Bertz CT molecular complexity index is 1130. The summed E-state index contributed by atoms with van der Waals surface area (Å²) in [6.45, 7) is 6.29. The summed E-state index contributed by atoms with van der Waals surface area (Å²) in [6.07, 6.45) is 2.47. The summed E-state index contributed by atoms with van der Waals surface area (Å²) in [5, 5.41) is 3.58. The van der Waals surface area contributed by atoms with Crippen molar-refractivity contribution >= 4 is 35.2 Å². The van der Waals surface area contributed by atoms with Crippen LogP contribution >= 0.6 is 11.6 Å². The molecule has 2 aliphatic rings. The summed E-state index contributed by atoms with van der Waals surface area (Å²) in [4.78, 5) is 46.3. The number of likely N-dealkylation sites (tertiary alicyclic amines) is 2. The third-order valence-electron chi connectivity index (χ3n) is 6.76. The average Bonchev–Trinajstić information content (AvgIpc) is 3.22. The zero-order valence-electron chi connectivity index (χ0n) is 20.3. The number of carbonyl (C=O) groups excluding carboxylic acids is 3. The lowest BCUT2D eigenvalue weighted by molar-refractivity contribution is -0.136. The van der Waals surface area contributed by atoms with E-state index in [9.17, 15) is 14.4 Å². The maximum Gasteiger partial charge on any atom is 0.338 e. The van der Waals surface area contributed by atoms with Gasteiger partial charge in [0.25, 0.3) is 0 Å². The van der Waals surface area contributed by atoms with Crippen LogP contribution in [0, 0.1) is 13.8 Å². The van der Waals surface area contributed by atoms with Crippen molar-refractivity contribution in [3.8, 4) is 0 Å². The van der Waals surface area contributed by atoms with Crippen molar-refractivity contribution in [2.45, 2.75) is 58.2 Å². The summed E-state index contributed by atoms with van der Waals surface area (Å²) < 4.78 is 4.78. The fraction of sp³-hybridized carbons (Fsp3) is 0.462. The number of pyridine rings is 1. The van der Waals surface area contributed by atoms with Gasteiger partial charge in [-0.1, -0.05) is 23.7 Å². The van der Waals surface area contributed by atoms with Gasteiger partial charge in [-0.05, 0) is 62.4 Å². The number of esters is 1. The highest BCUT2D eigenvalue weighted by Crippen LogP contribution is 2.29. The summed E-state index contributed by atoms with van der Waals surface area (Å²) >= 11 is 6.15. The van der Waals surface area contributed by atoms with Crippen LogP contribution in [-0.4, -0.2) is 64.9 Å². The van der Waals surface area contributed by atoms with E-state index >= 15 is 0 Å². The number of aryl methyl sites for hydroxylation is 2. The number of amides is 2. The van der Waals surface area contributed by atoms with Crippen LogP contribution in [-0.2, 0) is 20.9 Å². The molecule has 0 bridgehead atoms. The fourth-order valence-corrected chi connectivity index (χ4v) is 5.13. The molecule has 2 fully saturated rings. The second kappa shape index (κ2) is 10.7. The molecule has 1 N–H and O–H groups in total. The van der Waals surface area contributed by atoms with Crippen LogP contribution in [0.5, 0.6) is 0 Å². The quantitative estimate of drug-likeness (QED) is 0.610. The summed E-state index contributed by atoms with van der Waals surface area (Å²) in [5.74, 6) is -0.472. The van der Waals surface area contributed by atoms with E-state index in [1.54, 1.807) is 17.9 Å². The number of methoxy groups -OCH3 is 1. The molecule has 1 atom stereocenters. The van der Waals surface area contributed by atoms with Crippen LogP contribution in [0.3, 0.4) is 0 Å². The van der Waals surface area contributed by atoms with Crippen LogP contribution in [0.25, 0.3) is 0 Å². The molecular weight excluding hydrogens is 468 g/mol. The lowest BCUT2D eigenvalue weighted by Gasteiger charge is -2.39. The van der Waals surface area contributed by atoms with E-state index in [0.717, 1.165) is 43.1 Å². The second-order valence-corrected chi connectivity index (χ2v) is 9.72. The van der Waals surface area contributed by atoms with Gasteiger partial charge in [0.15, 0.2) is 0 Å². The van der Waals surface area contributed by atoms with Gasteiger partial charge in [0.1, 0.15) is 11.9 Å². The molecule has 2 saturated heterocycles. The highest BCUT2D eigenvalue weighted by Gasteiger charge is 2.41. The molecule has 0 radical (unpaired) electrons. The molecule has 0 saturated carbocycles. The molecule has 1 aromatic heterocycles. The van der Waals surface area contributed by atoms with E-state index in [1.807, 2.05) is 13.0 Å². The Hall–Kier alpha value is -2.97. The highest BCUT2D eigenvalue weighted by atomic mass is 35.5. The molecule has 2 amide bonds. The maximum atomic E-state index is 13.2. The lowest BCUT2D eigenvalue weighted by Crippen LogP contribution is -2.51. The van der Waals surface area contributed by atoms with Gasteiger partial charge in [0.2, 0.25) is 11.8 Å². The van der Waals surface area contributed by atoms with Crippen LogP contribution in [0.15, 0.2) is 30.3 Å². The first kappa shape index (κ1) is 25.1. The van der Waals surface area contributed by atoms with E-state index in [4.69, 9.17) is 16.3 Å². The van der Waals surface area contributed by atoms with E-state index < -0.39 is 12.0 Å². The van der Waals surface area contributed by atoms with Crippen LogP contribution < -0.4 is 5.32 Å². The third kappa shape index (κ3) is 5.82. The number of nitrogens with one attached hydrogen (secondary N) is 1. The number of carbonyl (C=O) groups is 3. The summed E-state index contributed by atoms with van der Waals surface area (Å²) in [7, 11) is 1.31. The first-order valence-corrected chi connectivity index (χ1v) is 12.3. The predicted molar refractivity (Wildman–Crippen MR) is 133 cm³/mol. The first-order chi connectivity index (χ1) is 16.7. The number of anilines is 1. The molecule has 2 aromatic rings. The van der Waals surface area contributed by atoms with Crippen molar-refractivity contribution < 1.29 is 19.1 Å². The standard InChI is InChI=1S/C26H31ClN4O4/c1-16-12-18(4-5-21(16)27)15-30-10-8-20(9-11-30)31-22(6-7-24(31)32)25(33)29-23-14-19(26(34)35-3)13-17(2)28-23/h4-5,12-14,20,22H,6-11,15H2,1-3H3,(H,28,29,33). The second-order valence-electron chi connectivity index (χ2n) is 9.31. The number of halogens is 1. The van der Waals surface area contributed by atoms with Crippen molar-refractivity contribution in [1.82, 2.24) is 14.8 Å². The molecule has 8 nitrogen and oxygen atoms in total. The Balaban J connectivity index is 1.39. The fourth-order valence-electron chi connectivity index (χ4n) is 5.01. The van der Waals surface area contributed by atoms with E-state index in [0.29, 0.717) is 24.1 Å². The van der Waals surface area contributed by atoms with Gasteiger partial charge in [-0.3, -0.25) is 14.5 Å². The first-order valence-electron chi connectivity index (χ1n) is 11.9. The number of rotatable bonds is 6. The molecule has 9 heteroatoms. The summed E-state index contributed by atoms with van der Waals surface area (Å²) in [5.41, 5.74) is 3.19. The number of nitrogens with zero attached hydrogens (tertiary/aromatic N) is 3. The van der Waals surface area contributed by atoms with Crippen LogP contribution in [0.2, 0.25) is 5.02 Å². The average molecular weight is 499 g/mol. The maximum absolute atomic E-state index is 13.2. The van der Waals surface area contributed by atoms with Gasteiger partial charge in [0.05, 0.1) is 12.7 Å². The smallest absolute Gasteiger partial charge is 0.338 e. The number of ether oxygens (including phenoxy) is 1. The van der Waals surface area contributed by atoms with Gasteiger partial charge in [-0.2, -0.15) is 0 Å². The Kier molecular flexibility index (Phi) is 7.72. The SMILES string of the molecule is COC(=O)c1cc(C)nc(NC(=O)C2CCC(=O)N2C2CCN(Cc3ccc(Cl)c(C)c3)CC2)c1. The number of aromatic nitrogens is 1. The predicted octanol–water partition coefficient (Wildman–Crippen LogP) is 3.73. The molecule has 0 spiro atoms. The zero-order chi connectivity index (χ0) is 25.1. The van der Waals surface area contributed by atoms with Crippen molar-refractivity contribution in [3.63, 3.8) is 0 Å². The topological polar surface area (TPSA) is 91.8 Å². The minimum atomic E-state index is -0.540. The van der Waals surface area contributed by atoms with Crippen molar-refractivity contribution in [3.05, 3.63) is 57.7 Å². The van der Waals surface area contributed by atoms with Gasteiger partial charge in [0, 0.05) is 42.8 Å². The molecule has 4 rings (SSSR count). The molecular formula is C26H31ClN4O4. The normalized spacial score (nSPS) is 19.1. The number of hydrogen-bond acceptors (Lipinski definition) is 6. The minimum Gasteiger partial charge on any atom is -0.465 e. The van der Waals surface area contributed by atoms with Crippen LogP contribution in [0.4, 0.5) is 5.82 Å². The number of benzene rings is 1. The lowest BCUT2D eigenvalue weighted by atomic mass is 10.0. The number of piperidine rings is 1. The molecule has 1 aromatic carbocycles. The Labute approximate surface area is 210 Å². The van der Waals surface area contributed by atoms with Crippen molar-refractivity contribution in [2.75, 3.05) is 25.5 Å². The van der Waals surface area contributed by atoms with E-state index in [2.05, 4.69) is 27.3 Å². The van der Waals surface area contributed by atoms with E-state index in [-0.39, 0.29) is 23.7 Å². The summed E-state index contributed by atoms with van der Waals surface area (Å²) in [6, 6.07) is 8.69. The van der Waals surface area contributed by atoms with Gasteiger partial charge < -0.3 is 15.0 Å². The molecule has 1 unspecified atom stereocenters. The van der Waals surface area contributed by atoms with Gasteiger partial charge >= 0.3 is 5.97 Å². The third-order valence-corrected chi connectivity index (χ3v) is 7.19. The molecule has 3 heterocycles. The van der Waals surface area contributed by atoms with Gasteiger partial charge in [-0.15, -0.1) is 0 Å². The molecule has 2 aliphatic heterocycles.